The Balaban J connectivity index is 2.73. The summed E-state index contributed by atoms with van der Waals surface area (Å²) in [5.41, 5.74) is 0.794. The third-order valence-electron chi connectivity index (χ3n) is 3.69. The van der Waals surface area contributed by atoms with Gasteiger partial charge in [0.2, 0.25) is 0 Å². The minimum atomic E-state index is -0.728. The van der Waals surface area contributed by atoms with Crippen LogP contribution < -0.4 is 4.90 Å². The van der Waals surface area contributed by atoms with E-state index in [4.69, 9.17) is 9.47 Å². The maximum absolute atomic E-state index is 12.5. The molecule has 2 rings (SSSR count). The molecule has 7 heteroatoms. The predicted molar refractivity (Wildman–Crippen MR) is 96.3 cm³/mol. The first-order valence-corrected chi connectivity index (χ1v) is 7.78. The molecular formula is C19H20N2O5. The zero-order valence-corrected chi connectivity index (χ0v) is 15.1. The smallest absolute Gasteiger partial charge is 0.355 e. The lowest BCUT2D eigenvalue weighted by Crippen LogP contribution is -2.30. The largest absolute Gasteiger partial charge is 0.465 e. The number of anilines is 1. The zero-order chi connectivity index (χ0) is 19.3. The van der Waals surface area contributed by atoms with Gasteiger partial charge in [0.05, 0.1) is 31.0 Å². The number of amides is 1. The van der Waals surface area contributed by atoms with Crippen molar-refractivity contribution >= 4 is 23.5 Å². The summed E-state index contributed by atoms with van der Waals surface area (Å²) in [4.78, 5) is 40.1. The highest BCUT2D eigenvalue weighted by atomic mass is 16.5. The fraction of sp³-hybridized carbons (Fsp3) is 0.211. The zero-order valence-electron chi connectivity index (χ0n) is 15.1. The van der Waals surface area contributed by atoms with Gasteiger partial charge in [-0.25, -0.2) is 9.59 Å². The Morgan fingerprint density at radius 2 is 1.62 bits per heavy atom. The summed E-state index contributed by atoms with van der Waals surface area (Å²) in [7, 11) is 5.72. The van der Waals surface area contributed by atoms with E-state index in [1.165, 1.54) is 30.1 Å². The number of benzene rings is 1. The lowest BCUT2D eigenvalue weighted by molar-refractivity contribution is -0.139. The van der Waals surface area contributed by atoms with Crippen LogP contribution in [0.4, 0.5) is 5.69 Å². The molecule has 1 aliphatic rings. The van der Waals surface area contributed by atoms with Gasteiger partial charge in [-0.05, 0) is 24.3 Å². The van der Waals surface area contributed by atoms with Crippen LogP contribution in [0.1, 0.15) is 10.4 Å². The van der Waals surface area contributed by atoms with E-state index in [1.54, 1.807) is 56.7 Å². The van der Waals surface area contributed by atoms with Gasteiger partial charge in [-0.2, -0.15) is 0 Å². The van der Waals surface area contributed by atoms with Gasteiger partial charge in [0.15, 0.2) is 0 Å². The average Bonchev–Trinajstić information content (AvgIpc) is 2.88. The highest BCUT2D eigenvalue weighted by molar-refractivity contribution is 6.07. The Morgan fingerprint density at radius 3 is 2.23 bits per heavy atom. The fourth-order valence-corrected chi connectivity index (χ4v) is 2.46. The van der Waals surface area contributed by atoms with Crippen molar-refractivity contribution in [1.29, 1.82) is 0 Å². The number of methoxy groups -OCH3 is 2. The van der Waals surface area contributed by atoms with Crippen molar-refractivity contribution in [1.82, 2.24) is 4.90 Å². The van der Waals surface area contributed by atoms with E-state index >= 15 is 0 Å². The monoisotopic (exact) mass is 356 g/mol. The molecule has 0 saturated carbocycles. The van der Waals surface area contributed by atoms with Crippen LogP contribution in [0.25, 0.3) is 0 Å². The number of allylic oxidation sites excluding steroid dienone is 2. The van der Waals surface area contributed by atoms with E-state index in [9.17, 15) is 14.4 Å². The Kier molecular flexibility index (Phi) is 5.95. The second-order valence-corrected chi connectivity index (χ2v) is 5.53. The molecule has 136 valence electrons. The van der Waals surface area contributed by atoms with Crippen LogP contribution in [0.15, 0.2) is 60.0 Å². The van der Waals surface area contributed by atoms with E-state index in [1.807, 2.05) is 0 Å². The van der Waals surface area contributed by atoms with Crippen molar-refractivity contribution in [2.75, 3.05) is 33.2 Å². The number of nitrogens with zero attached hydrogens (tertiary/aromatic N) is 2. The topological polar surface area (TPSA) is 76.2 Å². The maximum atomic E-state index is 12.5. The maximum Gasteiger partial charge on any atom is 0.355 e. The molecule has 1 aliphatic heterocycles. The molecule has 0 N–H and O–H groups in total. The van der Waals surface area contributed by atoms with Crippen LogP contribution >= 0.6 is 0 Å². The summed E-state index contributed by atoms with van der Waals surface area (Å²) in [5, 5.41) is 0. The van der Waals surface area contributed by atoms with Gasteiger partial charge >= 0.3 is 11.9 Å². The SMILES string of the molecule is COC(=O)C1=C(C(=O)OC)N(c2ccccc2C(=O)N(C)C)C=CC=C1. The fourth-order valence-electron chi connectivity index (χ4n) is 2.46. The molecule has 1 heterocycles. The van der Waals surface area contributed by atoms with E-state index < -0.39 is 11.9 Å². The number of rotatable bonds is 4. The van der Waals surface area contributed by atoms with E-state index in [2.05, 4.69) is 0 Å². The summed E-state index contributed by atoms with van der Waals surface area (Å²) in [6.07, 6.45) is 6.30. The molecule has 0 unspecified atom stereocenters. The van der Waals surface area contributed by atoms with Crippen LogP contribution in [0.3, 0.4) is 0 Å². The van der Waals surface area contributed by atoms with Gasteiger partial charge in [0.1, 0.15) is 5.70 Å². The molecule has 0 bridgehead atoms. The first kappa shape index (κ1) is 19.0. The quantitative estimate of drug-likeness (QED) is 0.767. The molecule has 1 aromatic rings. The summed E-state index contributed by atoms with van der Waals surface area (Å²) >= 11 is 0. The third kappa shape index (κ3) is 3.66. The van der Waals surface area contributed by atoms with E-state index in [0.29, 0.717) is 11.3 Å². The molecular weight excluding hydrogens is 336 g/mol. The number of esters is 2. The molecule has 0 aliphatic carbocycles. The van der Waals surface area contributed by atoms with Crippen LogP contribution in [0, 0.1) is 0 Å². The van der Waals surface area contributed by atoms with Crippen molar-refractivity contribution in [3.63, 3.8) is 0 Å². The highest BCUT2D eigenvalue weighted by Crippen LogP contribution is 2.29. The minimum absolute atomic E-state index is 0.0245. The highest BCUT2D eigenvalue weighted by Gasteiger charge is 2.29. The van der Waals surface area contributed by atoms with Crippen molar-refractivity contribution in [2.45, 2.75) is 0 Å². The van der Waals surface area contributed by atoms with Gasteiger partial charge in [-0.15, -0.1) is 0 Å². The standard InChI is InChI=1S/C19H20N2O5/c1-20(2)17(22)13-9-5-6-11-15(13)21-12-8-7-10-14(18(23)25-3)16(21)19(24)26-4/h5-12H,1-4H3. The molecule has 1 aromatic carbocycles. The summed E-state index contributed by atoms with van der Waals surface area (Å²) < 4.78 is 9.65. The Labute approximate surface area is 151 Å². The van der Waals surface area contributed by atoms with Crippen LogP contribution in [0.2, 0.25) is 0 Å². The second kappa shape index (κ2) is 8.15. The lowest BCUT2D eigenvalue weighted by Gasteiger charge is -2.25. The Bertz CT molecular complexity index is 821. The first-order valence-electron chi connectivity index (χ1n) is 7.78. The number of ether oxygens (including phenoxy) is 2. The van der Waals surface area contributed by atoms with Crippen LogP contribution in [-0.4, -0.2) is 51.1 Å². The molecule has 26 heavy (non-hydrogen) atoms. The first-order chi connectivity index (χ1) is 12.4. The number of carbonyl (C=O) groups is 3. The minimum Gasteiger partial charge on any atom is -0.465 e. The summed E-state index contributed by atoms with van der Waals surface area (Å²) in [6.45, 7) is 0. The number of carbonyl (C=O) groups excluding carboxylic acids is 3. The number of hydrogen-bond acceptors (Lipinski definition) is 6. The lowest BCUT2D eigenvalue weighted by atomic mass is 10.1. The van der Waals surface area contributed by atoms with Gasteiger partial charge in [-0.1, -0.05) is 18.2 Å². The molecule has 0 spiro atoms. The van der Waals surface area contributed by atoms with Gasteiger partial charge in [-0.3, -0.25) is 4.79 Å². The van der Waals surface area contributed by atoms with Crippen molar-refractivity contribution in [2.24, 2.45) is 0 Å². The van der Waals surface area contributed by atoms with Crippen molar-refractivity contribution < 1.29 is 23.9 Å². The second-order valence-electron chi connectivity index (χ2n) is 5.53. The molecule has 0 atom stereocenters. The van der Waals surface area contributed by atoms with Gasteiger partial charge in [0.25, 0.3) is 5.91 Å². The van der Waals surface area contributed by atoms with Crippen molar-refractivity contribution in [3.05, 3.63) is 65.5 Å². The average molecular weight is 356 g/mol. The van der Waals surface area contributed by atoms with Crippen LogP contribution in [-0.2, 0) is 19.1 Å². The third-order valence-corrected chi connectivity index (χ3v) is 3.69. The van der Waals surface area contributed by atoms with Gasteiger partial charge < -0.3 is 19.3 Å². The molecule has 0 radical (unpaired) electrons. The molecule has 0 fully saturated rings. The molecule has 1 amide bonds. The predicted octanol–water partition coefficient (Wildman–Crippen LogP) is 1.88. The molecule has 0 aromatic heterocycles. The van der Waals surface area contributed by atoms with Crippen LogP contribution in [0.5, 0.6) is 0 Å². The van der Waals surface area contributed by atoms with E-state index in [0.717, 1.165) is 0 Å². The Hall–Kier alpha value is -3.35. The summed E-state index contributed by atoms with van der Waals surface area (Å²) in [5.74, 6) is -1.66. The molecule has 7 nitrogen and oxygen atoms in total. The van der Waals surface area contributed by atoms with Crippen molar-refractivity contribution in [3.8, 4) is 0 Å². The van der Waals surface area contributed by atoms with Gasteiger partial charge in [0, 0.05) is 20.3 Å². The molecule has 0 saturated heterocycles. The van der Waals surface area contributed by atoms with E-state index in [-0.39, 0.29) is 17.2 Å². The normalized spacial score (nSPS) is 13.3. The number of para-hydroxylation sites is 1. The number of hydrogen-bond donors (Lipinski definition) is 0. The summed E-state index contributed by atoms with van der Waals surface area (Å²) in [6, 6.07) is 6.80. The Morgan fingerprint density at radius 1 is 0.962 bits per heavy atom.